The molecule has 23 heavy (non-hydrogen) atoms. The zero-order valence-corrected chi connectivity index (χ0v) is 14.7. The van der Waals surface area contributed by atoms with E-state index in [9.17, 15) is 8.42 Å². The molecular formula is C16H25NO5S. The molecule has 0 unspecified atom stereocenters. The highest BCUT2D eigenvalue weighted by Gasteiger charge is 2.36. The van der Waals surface area contributed by atoms with Crippen LogP contribution in [0.2, 0.25) is 0 Å². The van der Waals surface area contributed by atoms with Crippen LogP contribution in [0, 0.1) is 0 Å². The number of hydrogen-bond donors (Lipinski definition) is 1. The van der Waals surface area contributed by atoms with Crippen molar-refractivity contribution in [1.82, 2.24) is 4.72 Å². The molecule has 1 saturated heterocycles. The lowest BCUT2D eigenvalue weighted by molar-refractivity contribution is 0.0516. The van der Waals surface area contributed by atoms with Crippen molar-refractivity contribution in [2.24, 2.45) is 0 Å². The van der Waals surface area contributed by atoms with Crippen molar-refractivity contribution >= 4 is 10.0 Å². The van der Waals surface area contributed by atoms with Crippen LogP contribution in [-0.2, 0) is 20.2 Å². The molecule has 1 N–H and O–H groups in total. The lowest BCUT2D eigenvalue weighted by Gasteiger charge is -2.38. The van der Waals surface area contributed by atoms with Crippen LogP contribution in [0.3, 0.4) is 0 Å². The number of methoxy groups -OCH3 is 2. The van der Waals surface area contributed by atoms with E-state index >= 15 is 0 Å². The molecule has 1 fully saturated rings. The summed E-state index contributed by atoms with van der Waals surface area (Å²) in [6, 6.07) is 5.77. The molecule has 1 heterocycles. The summed E-state index contributed by atoms with van der Waals surface area (Å²) in [5.41, 5.74) is 0.747. The lowest BCUT2D eigenvalue weighted by Crippen LogP contribution is -2.44. The molecule has 0 saturated carbocycles. The molecule has 0 aliphatic carbocycles. The van der Waals surface area contributed by atoms with Gasteiger partial charge >= 0.3 is 0 Å². The van der Waals surface area contributed by atoms with Gasteiger partial charge in [0.1, 0.15) is 0 Å². The van der Waals surface area contributed by atoms with E-state index in [1.165, 1.54) is 0 Å². The van der Waals surface area contributed by atoms with E-state index in [-0.39, 0.29) is 11.2 Å². The van der Waals surface area contributed by atoms with Crippen molar-refractivity contribution < 1.29 is 22.6 Å². The first kappa shape index (κ1) is 18.0. The number of hydrogen-bond acceptors (Lipinski definition) is 5. The van der Waals surface area contributed by atoms with E-state index in [0.29, 0.717) is 31.3 Å². The normalized spacial score (nSPS) is 17.7. The van der Waals surface area contributed by atoms with Crippen LogP contribution in [0.25, 0.3) is 0 Å². The predicted molar refractivity (Wildman–Crippen MR) is 88.7 cm³/mol. The minimum atomic E-state index is -3.24. The van der Waals surface area contributed by atoms with Crippen LogP contribution < -0.4 is 14.2 Å². The second-order valence-corrected chi connectivity index (χ2v) is 7.78. The van der Waals surface area contributed by atoms with Crippen molar-refractivity contribution in [3.05, 3.63) is 23.8 Å². The Bertz CT molecular complexity index is 623. The fourth-order valence-electron chi connectivity index (χ4n) is 2.85. The molecule has 0 spiro atoms. The van der Waals surface area contributed by atoms with Crippen molar-refractivity contribution in [2.75, 3.05) is 39.7 Å². The lowest BCUT2D eigenvalue weighted by atomic mass is 9.74. The van der Waals surface area contributed by atoms with Crippen LogP contribution in [-0.4, -0.2) is 48.1 Å². The minimum Gasteiger partial charge on any atom is -0.493 e. The second-order valence-electron chi connectivity index (χ2n) is 5.69. The summed E-state index contributed by atoms with van der Waals surface area (Å²) in [6.45, 7) is 3.22. The SMILES string of the molecule is CCS(=O)(=O)NCC1(c2ccc(OC)c(OC)c2)CCOCC1. The second kappa shape index (κ2) is 7.51. The summed E-state index contributed by atoms with van der Waals surface area (Å²) in [4.78, 5) is 0. The van der Waals surface area contributed by atoms with Crippen LogP contribution in [0.1, 0.15) is 25.3 Å². The van der Waals surface area contributed by atoms with Gasteiger partial charge in [0, 0.05) is 25.2 Å². The topological polar surface area (TPSA) is 73.9 Å². The highest BCUT2D eigenvalue weighted by atomic mass is 32.2. The molecule has 1 aromatic carbocycles. The summed E-state index contributed by atoms with van der Waals surface area (Å²) in [5, 5.41) is 0. The van der Waals surface area contributed by atoms with Crippen molar-refractivity contribution in [2.45, 2.75) is 25.2 Å². The van der Waals surface area contributed by atoms with Gasteiger partial charge in [-0.3, -0.25) is 0 Å². The van der Waals surface area contributed by atoms with Crippen molar-refractivity contribution in [3.63, 3.8) is 0 Å². The molecular weight excluding hydrogens is 318 g/mol. The molecule has 6 nitrogen and oxygen atoms in total. The van der Waals surface area contributed by atoms with Gasteiger partial charge in [-0.05, 0) is 37.5 Å². The summed E-state index contributed by atoms with van der Waals surface area (Å²) in [7, 11) is -0.0506. The van der Waals surface area contributed by atoms with Crippen LogP contribution in [0.15, 0.2) is 18.2 Å². The number of ether oxygens (including phenoxy) is 3. The number of nitrogens with one attached hydrogen (secondary N) is 1. The monoisotopic (exact) mass is 343 g/mol. The van der Waals surface area contributed by atoms with Gasteiger partial charge in [-0.15, -0.1) is 0 Å². The quantitative estimate of drug-likeness (QED) is 0.815. The Kier molecular flexibility index (Phi) is 5.89. The fraction of sp³-hybridized carbons (Fsp3) is 0.625. The third kappa shape index (κ3) is 4.16. The molecule has 1 aliphatic rings. The highest BCUT2D eigenvalue weighted by molar-refractivity contribution is 7.89. The standard InChI is InChI=1S/C16H25NO5S/c1-4-23(18,19)17-12-16(7-9-22-10-8-16)13-5-6-14(20-2)15(11-13)21-3/h5-6,11,17H,4,7-10,12H2,1-3H3. The third-order valence-corrected chi connectivity index (χ3v) is 5.80. The molecule has 1 aromatic rings. The Morgan fingerprint density at radius 1 is 1.17 bits per heavy atom. The van der Waals surface area contributed by atoms with E-state index < -0.39 is 10.0 Å². The average Bonchev–Trinajstić information content (AvgIpc) is 2.60. The van der Waals surface area contributed by atoms with E-state index in [4.69, 9.17) is 14.2 Å². The maximum atomic E-state index is 11.9. The molecule has 0 amide bonds. The largest absolute Gasteiger partial charge is 0.493 e. The molecule has 7 heteroatoms. The van der Waals surface area contributed by atoms with Crippen molar-refractivity contribution in [1.29, 1.82) is 0 Å². The average molecular weight is 343 g/mol. The first-order valence-electron chi connectivity index (χ1n) is 7.74. The Hall–Kier alpha value is -1.31. The zero-order chi connectivity index (χ0) is 16.9. The maximum Gasteiger partial charge on any atom is 0.211 e. The minimum absolute atomic E-state index is 0.0749. The van der Waals surface area contributed by atoms with Gasteiger partial charge in [-0.2, -0.15) is 0 Å². The Morgan fingerprint density at radius 2 is 1.83 bits per heavy atom. The molecule has 130 valence electrons. The Balaban J connectivity index is 2.34. The maximum absolute atomic E-state index is 11.9. The summed E-state index contributed by atoms with van der Waals surface area (Å²) >= 11 is 0. The highest BCUT2D eigenvalue weighted by Crippen LogP contribution is 2.38. The molecule has 0 atom stereocenters. The van der Waals surface area contributed by atoms with Crippen LogP contribution >= 0.6 is 0 Å². The van der Waals surface area contributed by atoms with Crippen LogP contribution in [0.4, 0.5) is 0 Å². The van der Waals surface area contributed by atoms with Crippen LogP contribution in [0.5, 0.6) is 11.5 Å². The zero-order valence-electron chi connectivity index (χ0n) is 13.9. The summed E-state index contributed by atoms with van der Waals surface area (Å²) in [5.74, 6) is 1.38. The third-order valence-electron chi connectivity index (χ3n) is 4.46. The number of rotatable bonds is 7. The van der Waals surface area contributed by atoms with Crippen molar-refractivity contribution in [3.8, 4) is 11.5 Å². The summed E-state index contributed by atoms with van der Waals surface area (Å²) < 4.78 is 42.6. The molecule has 0 aromatic heterocycles. The van der Waals surface area contributed by atoms with E-state index in [1.807, 2.05) is 18.2 Å². The summed E-state index contributed by atoms with van der Waals surface area (Å²) in [6.07, 6.45) is 1.52. The first-order valence-corrected chi connectivity index (χ1v) is 9.39. The Morgan fingerprint density at radius 3 is 2.39 bits per heavy atom. The van der Waals surface area contributed by atoms with Gasteiger partial charge in [0.05, 0.1) is 20.0 Å². The van der Waals surface area contributed by atoms with E-state index in [2.05, 4.69) is 4.72 Å². The Labute approximate surface area is 138 Å². The smallest absolute Gasteiger partial charge is 0.211 e. The number of sulfonamides is 1. The van der Waals surface area contributed by atoms with Gasteiger partial charge in [0.15, 0.2) is 11.5 Å². The molecule has 1 aliphatic heterocycles. The predicted octanol–water partition coefficient (Wildman–Crippen LogP) is 1.69. The van der Waals surface area contributed by atoms with E-state index in [0.717, 1.165) is 18.4 Å². The van der Waals surface area contributed by atoms with Gasteiger partial charge in [-0.1, -0.05) is 6.07 Å². The number of benzene rings is 1. The molecule has 0 radical (unpaired) electrons. The molecule has 2 rings (SSSR count). The van der Waals surface area contributed by atoms with Gasteiger partial charge in [0.2, 0.25) is 10.0 Å². The first-order chi connectivity index (χ1) is 11.0. The van der Waals surface area contributed by atoms with E-state index in [1.54, 1.807) is 21.1 Å². The fourth-order valence-corrected chi connectivity index (χ4v) is 3.55. The molecule has 0 bridgehead atoms. The van der Waals surface area contributed by atoms with Gasteiger partial charge < -0.3 is 14.2 Å². The van der Waals surface area contributed by atoms with Gasteiger partial charge in [-0.25, -0.2) is 13.1 Å². The van der Waals surface area contributed by atoms with Gasteiger partial charge in [0.25, 0.3) is 0 Å².